The van der Waals surface area contributed by atoms with Crippen molar-refractivity contribution >= 4 is 17.5 Å². The molecule has 2 amide bonds. The number of hydrogen-bond donors (Lipinski definition) is 1. The first kappa shape index (κ1) is 19.1. The number of hydrogen-bond acceptors (Lipinski definition) is 4. The van der Waals surface area contributed by atoms with Gasteiger partial charge in [-0.05, 0) is 80.5 Å². The molecule has 1 atom stereocenters. The summed E-state index contributed by atoms with van der Waals surface area (Å²) in [6.45, 7) is 5.72. The van der Waals surface area contributed by atoms with Gasteiger partial charge >= 0.3 is 0 Å². The van der Waals surface area contributed by atoms with E-state index in [-0.39, 0.29) is 17.7 Å². The van der Waals surface area contributed by atoms with Crippen LogP contribution >= 0.6 is 0 Å². The van der Waals surface area contributed by atoms with E-state index in [1.807, 2.05) is 0 Å². The van der Waals surface area contributed by atoms with Crippen LogP contribution in [0.15, 0.2) is 24.3 Å². The van der Waals surface area contributed by atoms with Crippen LogP contribution in [0.25, 0.3) is 0 Å². The van der Waals surface area contributed by atoms with Crippen molar-refractivity contribution in [3.63, 3.8) is 0 Å². The van der Waals surface area contributed by atoms with Gasteiger partial charge in [0.25, 0.3) is 0 Å². The van der Waals surface area contributed by atoms with Gasteiger partial charge in [0.2, 0.25) is 11.8 Å². The fourth-order valence-corrected chi connectivity index (χ4v) is 6.22. The van der Waals surface area contributed by atoms with Crippen molar-refractivity contribution in [2.45, 2.75) is 57.3 Å². The fourth-order valence-electron chi connectivity index (χ4n) is 6.22. The molecule has 2 aliphatic heterocycles. The molecule has 2 aliphatic carbocycles. The summed E-state index contributed by atoms with van der Waals surface area (Å²) >= 11 is 0. The van der Waals surface area contributed by atoms with Crippen molar-refractivity contribution in [2.75, 3.05) is 37.6 Å². The van der Waals surface area contributed by atoms with Gasteiger partial charge in [0.15, 0.2) is 0 Å². The summed E-state index contributed by atoms with van der Waals surface area (Å²) in [4.78, 5) is 28.6. The zero-order valence-electron chi connectivity index (χ0n) is 17.4. The van der Waals surface area contributed by atoms with Crippen molar-refractivity contribution in [1.82, 2.24) is 10.2 Å². The van der Waals surface area contributed by atoms with Crippen molar-refractivity contribution in [3.05, 3.63) is 29.8 Å². The van der Waals surface area contributed by atoms with Crippen LogP contribution in [0.4, 0.5) is 5.69 Å². The largest absolute Gasteiger partial charge is 0.369 e. The number of nitrogens with zero attached hydrogens (tertiary/aromatic N) is 2. The van der Waals surface area contributed by atoms with Crippen LogP contribution in [0.2, 0.25) is 0 Å². The standard InChI is InChI=1S/C24H33N3O2/c28-22-6-5-21(23(29)25-22)19-1-3-20(4-2-19)27-15-13-26(14-16-27)12-11-24-9-7-18(17-24)8-10-24/h1-4,18,21H,5-17H2,(H,25,28,29). The van der Waals surface area contributed by atoms with Crippen molar-refractivity contribution in [3.8, 4) is 0 Å². The second kappa shape index (κ2) is 7.75. The smallest absolute Gasteiger partial charge is 0.234 e. The summed E-state index contributed by atoms with van der Waals surface area (Å²) in [6.07, 6.45) is 9.91. The highest BCUT2D eigenvalue weighted by Crippen LogP contribution is 2.56. The van der Waals surface area contributed by atoms with E-state index in [0.717, 1.165) is 37.7 Å². The van der Waals surface area contributed by atoms with E-state index in [1.54, 1.807) is 0 Å². The van der Waals surface area contributed by atoms with E-state index >= 15 is 0 Å². The van der Waals surface area contributed by atoms with Gasteiger partial charge in [0.1, 0.15) is 0 Å². The molecular weight excluding hydrogens is 362 g/mol. The highest BCUT2D eigenvalue weighted by Gasteiger charge is 2.44. The lowest BCUT2D eigenvalue weighted by atomic mass is 9.81. The van der Waals surface area contributed by atoms with Gasteiger partial charge in [-0.25, -0.2) is 0 Å². The Kier molecular flexibility index (Phi) is 5.10. The average Bonchev–Trinajstić information content (AvgIpc) is 3.35. The Bertz CT molecular complexity index is 759. The molecule has 5 rings (SSSR count). The SMILES string of the molecule is O=C1CCC(c2ccc(N3CCN(CCC45CCC(CC4)C5)CC3)cc2)C(=O)N1. The zero-order chi connectivity index (χ0) is 19.8. The number of piperidine rings is 1. The quantitative estimate of drug-likeness (QED) is 0.778. The average molecular weight is 396 g/mol. The van der Waals surface area contributed by atoms with Crippen LogP contribution in [0.3, 0.4) is 0 Å². The van der Waals surface area contributed by atoms with E-state index in [0.29, 0.717) is 18.3 Å². The second-order valence-electron chi connectivity index (χ2n) is 9.82. The summed E-state index contributed by atoms with van der Waals surface area (Å²) in [6, 6.07) is 8.42. The number of rotatable bonds is 5. The van der Waals surface area contributed by atoms with E-state index in [2.05, 4.69) is 39.4 Å². The molecular formula is C24H33N3O2. The number of amides is 2. The molecule has 0 spiro atoms. The minimum atomic E-state index is -0.191. The van der Waals surface area contributed by atoms with Crippen molar-refractivity contribution in [1.29, 1.82) is 0 Å². The number of benzene rings is 1. The molecule has 5 nitrogen and oxygen atoms in total. The third kappa shape index (κ3) is 3.94. The van der Waals surface area contributed by atoms with Crippen LogP contribution in [-0.2, 0) is 9.59 Å². The number of carbonyl (C=O) groups is 2. The summed E-state index contributed by atoms with van der Waals surface area (Å²) in [7, 11) is 0. The highest BCUT2D eigenvalue weighted by atomic mass is 16.2. The maximum Gasteiger partial charge on any atom is 0.234 e. The normalized spacial score (nSPS) is 32.6. The summed E-state index contributed by atoms with van der Waals surface area (Å²) in [5, 5.41) is 2.46. The number of carbonyl (C=O) groups excluding carboxylic acids is 2. The molecule has 4 fully saturated rings. The number of fused-ring (bicyclic) bond motifs is 2. The molecule has 4 aliphatic rings. The molecule has 0 radical (unpaired) electrons. The molecule has 2 heterocycles. The molecule has 1 unspecified atom stereocenters. The van der Waals surface area contributed by atoms with E-state index in [4.69, 9.17) is 0 Å². The Morgan fingerprint density at radius 1 is 0.966 bits per heavy atom. The van der Waals surface area contributed by atoms with Crippen LogP contribution < -0.4 is 10.2 Å². The Hall–Kier alpha value is -1.88. The maximum absolute atomic E-state index is 12.1. The third-order valence-electron chi connectivity index (χ3n) is 8.12. The van der Waals surface area contributed by atoms with Gasteiger partial charge in [-0.1, -0.05) is 12.1 Å². The Balaban J connectivity index is 1.12. The molecule has 1 aromatic rings. The van der Waals surface area contributed by atoms with Crippen molar-refractivity contribution in [2.24, 2.45) is 11.3 Å². The minimum absolute atomic E-state index is 0.152. The number of imide groups is 1. The van der Waals surface area contributed by atoms with Gasteiger partial charge in [0.05, 0.1) is 5.92 Å². The monoisotopic (exact) mass is 395 g/mol. The lowest BCUT2D eigenvalue weighted by Crippen LogP contribution is -2.47. The predicted octanol–water partition coefficient (Wildman–Crippen LogP) is 3.30. The Labute approximate surface area is 173 Å². The summed E-state index contributed by atoms with van der Waals surface area (Å²) in [5.41, 5.74) is 2.96. The zero-order valence-corrected chi connectivity index (χ0v) is 17.4. The van der Waals surface area contributed by atoms with Crippen LogP contribution in [-0.4, -0.2) is 49.4 Å². The predicted molar refractivity (Wildman–Crippen MR) is 114 cm³/mol. The number of anilines is 1. The van der Waals surface area contributed by atoms with Gasteiger partial charge in [-0.2, -0.15) is 0 Å². The van der Waals surface area contributed by atoms with Gasteiger partial charge < -0.3 is 4.90 Å². The van der Waals surface area contributed by atoms with E-state index in [9.17, 15) is 9.59 Å². The molecule has 29 heavy (non-hydrogen) atoms. The van der Waals surface area contributed by atoms with Gasteiger partial charge in [-0.3, -0.25) is 19.8 Å². The summed E-state index contributed by atoms with van der Waals surface area (Å²) < 4.78 is 0. The molecule has 5 heteroatoms. The lowest BCUT2D eigenvalue weighted by molar-refractivity contribution is -0.134. The van der Waals surface area contributed by atoms with E-state index in [1.165, 1.54) is 50.8 Å². The number of piperazine rings is 1. The molecule has 1 N–H and O–H groups in total. The highest BCUT2D eigenvalue weighted by molar-refractivity contribution is 6.00. The van der Waals surface area contributed by atoms with Crippen molar-refractivity contribution < 1.29 is 9.59 Å². The van der Waals surface area contributed by atoms with Crippen LogP contribution in [0.1, 0.15) is 62.8 Å². The Morgan fingerprint density at radius 2 is 1.69 bits per heavy atom. The third-order valence-corrected chi connectivity index (χ3v) is 8.12. The van der Waals surface area contributed by atoms with E-state index < -0.39 is 0 Å². The number of nitrogens with one attached hydrogen (secondary N) is 1. The molecule has 2 bridgehead atoms. The topological polar surface area (TPSA) is 52.7 Å². The molecule has 156 valence electrons. The molecule has 2 saturated heterocycles. The maximum atomic E-state index is 12.1. The second-order valence-corrected chi connectivity index (χ2v) is 9.82. The lowest BCUT2D eigenvalue weighted by Gasteiger charge is -2.38. The molecule has 0 aromatic heterocycles. The Morgan fingerprint density at radius 3 is 2.31 bits per heavy atom. The fraction of sp³-hybridized carbons (Fsp3) is 0.667. The first-order valence-corrected chi connectivity index (χ1v) is 11.5. The molecule has 1 aromatic carbocycles. The first-order chi connectivity index (χ1) is 14.1. The molecule has 2 saturated carbocycles. The van der Waals surface area contributed by atoms with Gasteiger partial charge in [0, 0.05) is 38.3 Å². The van der Waals surface area contributed by atoms with Crippen LogP contribution in [0.5, 0.6) is 0 Å². The van der Waals surface area contributed by atoms with Gasteiger partial charge in [-0.15, -0.1) is 0 Å². The van der Waals surface area contributed by atoms with Crippen LogP contribution in [0, 0.1) is 11.3 Å². The first-order valence-electron chi connectivity index (χ1n) is 11.5. The summed E-state index contributed by atoms with van der Waals surface area (Å²) in [5.74, 6) is 0.553. The minimum Gasteiger partial charge on any atom is -0.369 e.